The van der Waals surface area contributed by atoms with Crippen molar-refractivity contribution in [3.05, 3.63) is 0 Å². The van der Waals surface area contributed by atoms with E-state index < -0.39 is 0 Å². The Balaban J connectivity index is 2.39. The van der Waals surface area contributed by atoms with E-state index in [9.17, 15) is 9.90 Å². The normalized spacial score (nSPS) is 20.9. The average Bonchev–Trinajstić information content (AvgIpc) is 2.28. The van der Waals surface area contributed by atoms with Crippen LogP contribution in [-0.2, 0) is 4.79 Å². The summed E-state index contributed by atoms with van der Waals surface area (Å²) < 4.78 is 0. The summed E-state index contributed by atoms with van der Waals surface area (Å²) in [5.41, 5.74) is 5.27. The lowest BCUT2D eigenvalue weighted by atomic mass is 9.92. The van der Waals surface area contributed by atoms with Gasteiger partial charge >= 0.3 is 0 Å². The molecule has 1 rings (SSSR count). The van der Waals surface area contributed by atoms with Gasteiger partial charge < -0.3 is 20.9 Å². The van der Waals surface area contributed by atoms with Gasteiger partial charge in [0.2, 0.25) is 5.91 Å². The fraction of sp³-hybridized carbons (Fsp3) is 0.800. The molecule has 0 spiro atoms. The van der Waals surface area contributed by atoms with Crippen LogP contribution in [0, 0.1) is 5.92 Å². The van der Waals surface area contributed by atoms with Crippen molar-refractivity contribution in [1.82, 2.24) is 4.90 Å². The number of hydrogen-bond acceptors (Lipinski definition) is 4. The first-order valence-electron chi connectivity index (χ1n) is 5.46. The molecule has 0 aromatic carbocycles. The molecule has 1 aliphatic rings. The smallest absolute Gasteiger partial charge is 0.230 e. The molecule has 1 saturated heterocycles. The third-order valence-electron chi connectivity index (χ3n) is 3.04. The molecular formula is C10H19N3O3. The summed E-state index contributed by atoms with van der Waals surface area (Å²) in [6.07, 6.45) is 1.25. The van der Waals surface area contributed by atoms with Gasteiger partial charge in [0.05, 0.1) is 12.5 Å². The van der Waals surface area contributed by atoms with E-state index in [1.165, 1.54) is 0 Å². The van der Waals surface area contributed by atoms with Crippen LogP contribution in [0.15, 0.2) is 5.16 Å². The van der Waals surface area contributed by atoms with Gasteiger partial charge in [0, 0.05) is 13.1 Å². The predicted molar refractivity (Wildman–Crippen MR) is 59.0 cm³/mol. The number of aliphatic hydroxyl groups excluding tert-OH is 1. The lowest BCUT2D eigenvalue weighted by molar-refractivity contribution is -0.131. The van der Waals surface area contributed by atoms with Crippen LogP contribution in [0.4, 0.5) is 0 Å². The molecule has 1 amide bonds. The molecular weight excluding hydrogens is 210 g/mol. The minimum Gasteiger partial charge on any atom is -0.409 e. The molecule has 1 atom stereocenters. The van der Waals surface area contributed by atoms with Crippen LogP contribution in [0.1, 0.15) is 26.2 Å². The number of amides is 1. The van der Waals surface area contributed by atoms with Gasteiger partial charge in [0.1, 0.15) is 5.84 Å². The van der Waals surface area contributed by atoms with Crippen LogP contribution in [0.5, 0.6) is 0 Å². The fourth-order valence-corrected chi connectivity index (χ4v) is 1.93. The van der Waals surface area contributed by atoms with Gasteiger partial charge in [-0.25, -0.2) is 0 Å². The molecule has 1 fully saturated rings. The molecule has 0 bridgehead atoms. The molecule has 0 aliphatic carbocycles. The van der Waals surface area contributed by atoms with E-state index in [1.807, 2.05) is 0 Å². The Morgan fingerprint density at radius 3 is 2.56 bits per heavy atom. The molecule has 0 aromatic heterocycles. The molecule has 0 radical (unpaired) electrons. The maximum atomic E-state index is 11.6. The maximum Gasteiger partial charge on any atom is 0.230 e. The number of hydrogen-bond donors (Lipinski definition) is 3. The highest BCUT2D eigenvalue weighted by Crippen LogP contribution is 2.20. The number of carbonyl (C=O) groups is 1. The zero-order valence-corrected chi connectivity index (χ0v) is 9.46. The van der Waals surface area contributed by atoms with Crippen molar-refractivity contribution in [2.75, 3.05) is 13.1 Å². The predicted octanol–water partition coefficient (Wildman–Crippen LogP) is -0.258. The first-order valence-corrected chi connectivity index (χ1v) is 5.46. The number of carbonyl (C=O) groups excluding carboxylic acids is 1. The zero-order valence-electron chi connectivity index (χ0n) is 9.46. The van der Waals surface area contributed by atoms with Gasteiger partial charge in [-0.15, -0.1) is 0 Å². The molecule has 4 N–H and O–H groups in total. The Bertz CT molecular complexity index is 270. The fourth-order valence-electron chi connectivity index (χ4n) is 1.93. The molecule has 92 valence electrons. The number of rotatable bonds is 3. The second-order valence-corrected chi connectivity index (χ2v) is 4.23. The minimum atomic E-state index is -0.318. The second-order valence-electron chi connectivity index (χ2n) is 4.23. The Hall–Kier alpha value is -1.30. The van der Waals surface area contributed by atoms with Crippen molar-refractivity contribution in [3.8, 4) is 0 Å². The van der Waals surface area contributed by atoms with E-state index in [1.54, 1.807) is 11.8 Å². The molecule has 0 saturated carbocycles. The van der Waals surface area contributed by atoms with Crippen molar-refractivity contribution in [2.24, 2.45) is 16.8 Å². The van der Waals surface area contributed by atoms with Crippen molar-refractivity contribution in [1.29, 1.82) is 0 Å². The van der Waals surface area contributed by atoms with E-state index >= 15 is 0 Å². The van der Waals surface area contributed by atoms with Crippen LogP contribution < -0.4 is 5.73 Å². The summed E-state index contributed by atoms with van der Waals surface area (Å²) in [6.45, 7) is 3.04. The molecule has 6 heteroatoms. The van der Waals surface area contributed by atoms with E-state index in [0.29, 0.717) is 13.1 Å². The van der Waals surface area contributed by atoms with Crippen LogP contribution in [0.2, 0.25) is 0 Å². The standard InChI is InChI=1S/C10H19N3O3/c1-7(14)8-2-4-13(5-3-8)10(15)6-9(11)12-16/h7-8,14,16H,2-6H2,1H3,(H2,11,12). The summed E-state index contributed by atoms with van der Waals surface area (Å²) in [5.74, 6) is 0.0786. The highest BCUT2D eigenvalue weighted by atomic mass is 16.4. The molecule has 1 aliphatic heterocycles. The van der Waals surface area contributed by atoms with Gasteiger partial charge in [-0.2, -0.15) is 0 Å². The zero-order chi connectivity index (χ0) is 12.1. The molecule has 16 heavy (non-hydrogen) atoms. The first-order chi connectivity index (χ1) is 7.54. The van der Waals surface area contributed by atoms with E-state index in [-0.39, 0.29) is 30.2 Å². The Morgan fingerprint density at radius 1 is 1.56 bits per heavy atom. The van der Waals surface area contributed by atoms with Gasteiger partial charge in [-0.3, -0.25) is 4.79 Å². The van der Waals surface area contributed by atoms with Gasteiger partial charge in [0.15, 0.2) is 0 Å². The number of aliphatic hydroxyl groups is 1. The van der Waals surface area contributed by atoms with Crippen molar-refractivity contribution < 1.29 is 15.1 Å². The highest BCUT2D eigenvalue weighted by Gasteiger charge is 2.25. The van der Waals surface area contributed by atoms with Crippen molar-refractivity contribution in [2.45, 2.75) is 32.3 Å². The third kappa shape index (κ3) is 3.37. The number of oxime groups is 1. The molecule has 1 heterocycles. The van der Waals surface area contributed by atoms with Crippen LogP contribution >= 0.6 is 0 Å². The monoisotopic (exact) mass is 229 g/mol. The number of nitrogens with zero attached hydrogens (tertiary/aromatic N) is 2. The highest BCUT2D eigenvalue weighted by molar-refractivity contribution is 5.98. The van der Waals surface area contributed by atoms with E-state index in [2.05, 4.69) is 5.16 Å². The summed E-state index contributed by atoms with van der Waals surface area (Å²) >= 11 is 0. The summed E-state index contributed by atoms with van der Waals surface area (Å²) in [5, 5.41) is 20.5. The topological polar surface area (TPSA) is 99.2 Å². The Morgan fingerprint density at radius 2 is 2.12 bits per heavy atom. The quantitative estimate of drug-likeness (QED) is 0.269. The lowest BCUT2D eigenvalue weighted by Crippen LogP contribution is -2.42. The molecule has 6 nitrogen and oxygen atoms in total. The average molecular weight is 229 g/mol. The lowest BCUT2D eigenvalue weighted by Gasteiger charge is -2.33. The summed E-state index contributed by atoms with van der Waals surface area (Å²) in [4.78, 5) is 13.3. The van der Waals surface area contributed by atoms with E-state index in [0.717, 1.165) is 12.8 Å². The number of piperidine rings is 1. The molecule has 1 unspecified atom stereocenters. The number of likely N-dealkylation sites (tertiary alicyclic amines) is 1. The van der Waals surface area contributed by atoms with Gasteiger partial charge in [0.25, 0.3) is 0 Å². The van der Waals surface area contributed by atoms with Crippen molar-refractivity contribution in [3.63, 3.8) is 0 Å². The van der Waals surface area contributed by atoms with Gasteiger partial charge in [-0.05, 0) is 25.7 Å². The van der Waals surface area contributed by atoms with Gasteiger partial charge in [-0.1, -0.05) is 5.16 Å². The molecule has 0 aromatic rings. The largest absolute Gasteiger partial charge is 0.409 e. The van der Waals surface area contributed by atoms with E-state index in [4.69, 9.17) is 10.9 Å². The van der Waals surface area contributed by atoms with Crippen LogP contribution in [0.25, 0.3) is 0 Å². The van der Waals surface area contributed by atoms with Crippen molar-refractivity contribution >= 4 is 11.7 Å². The number of nitrogens with two attached hydrogens (primary N) is 1. The SMILES string of the molecule is CC(O)C1CCN(C(=O)CC(N)=NO)CC1. The summed E-state index contributed by atoms with van der Waals surface area (Å²) in [7, 11) is 0. The van der Waals surface area contributed by atoms with Crippen LogP contribution in [-0.4, -0.2) is 46.1 Å². The third-order valence-corrected chi connectivity index (χ3v) is 3.04. The Labute approximate surface area is 94.7 Å². The summed E-state index contributed by atoms with van der Waals surface area (Å²) in [6, 6.07) is 0. The Kier molecular flexibility index (Phi) is 4.54. The van der Waals surface area contributed by atoms with Crippen LogP contribution in [0.3, 0.4) is 0 Å². The second kappa shape index (κ2) is 5.69. The number of amidine groups is 1. The maximum absolute atomic E-state index is 11.6. The first kappa shape index (κ1) is 12.8. The minimum absolute atomic E-state index is 0.0458.